The number of ether oxygens (including phenoxy) is 1. The highest BCUT2D eigenvalue weighted by Crippen LogP contribution is 2.40. The Labute approximate surface area is 352 Å². The fourth-order valence-electron chi connectivity index (χ4n) is 10.4. The number of amides is 3. The standard InChI is InChI=1S/C46H60FN9O4/c1-46(2,47)30-55-20-15-37-36-7-3-4-8-38(36)50-41(37)42(55)33-26-48-45(49-27-33)54-17-6-5-16-52(21-23-60-24-22-54)28-31-13-18-53(19-14-31)34-9-10-35-32(25-34)29-56(44(35)59)39-11-12-40(57)51-43(39)58/h3-4,7-10,25-26,31,39,42,50H,5-6,11-24,27-30H2,1-2H3,(H,48,49)(H,51,57,58)/t39?,42-/m1/s1. The molecule has 60 heavy (non-hydrogen) atoms. The van der Waals surface area contributed by atoms with Crippen LogP contribution in [0.3, 0.4) is 0 Å². The van der Waals surface area contributed by atoms with Crippen LogP contribution in [0.1, 0.15) is 85.6 Å². The van der Waals surface area contributed by atoms with Crippen molar-refractivity contribution in [1.29, 1.82) is 0 Å². The minimum atomic E-state index is -1.31. The molecule has 13 nitrogen and oxygen atoms in total. The fourth-order valence-corrected chi connectivity index (χ4v) is 10.4. The van der Waals surface area contributed by atoms with E-state index in [-0.39, 0.29) is 30.2 Å². The van der Waals surface area contributed by atoms with E-state index in [9.17, 15) is 14.4 Å². The van der Waals surface area contributed by atoms with Gasteiger partial charge in [0, 0.05) is 99.4 Å². The van der Waals surface area contributed by atoms with Crippen LogP contribution in [0.4, 0.5) is 10.1 Å². The number of anilines is 1. The van der Waals surface area contributed by atoms with E-state index < -0.39 is 11.7 Å². The van der Waals surface area contributed by atoms with Gasteiger partial charge in [-0.1, -0.05) is 18.2 Å². The van der Waals surface area contributed by atoms with Gasteiger partial charge in [0.2, 0.25) is 11.8 Å². The molecular formula is C46H60FN9O4. The minimum absolute atomic E-state index is 0.0657. The molecule has 320 valence electrons. The largest absolute Gasteiger partial charge is 0.378 e. The Bertz CT molecular complexity index is 2150. The molecular weight excluding hydrogens is 762 g/mol. The SMILES string of the molecule is CC(C)(F)CN1CCc2c([nH]c3ccccc23)[C@H]1C1=CNC(N2CCCCN(CC3CCN(c4ccc5c(c4)CN(C4CCC(=O)NC4=O)C5=O)CC3)CCOCC2)=NC1. The second kappa shape index (κ2) is 17.3. The van der Waals surface area contributed by atoms with Crippen molar-refractivity contribution in [3.63, 3.8) is 0 Å². The molecule has 1 unspecified atom stereocenters. The molecule has 0 aliphatic carbocycles. The predicted octanol–water partition coefficient (Wildman–Crippen LogP) is 4.75. The van der Waals surface area contributed by atoms with Crippen LogP contribution in [0, 0.1) is 5.92 Å². The van der Waals surface area contributed by atoms with Gasteiger partial charge in [-0.2, -0.15) is 0 Å². The number of aliphatic imine (C=N–C) groups is 1. The van der Waals surface area contributed by atoms with E-state index in [4.69, 9.17) is 9.73 Å². The van der Waals surface area contributed by atoms with E-state index in [1.54, 1.807) is 18.7 Å². The summed E-state index contributed by atoms with van der Waals surface area (Å²) >= 11 is 0. The fraction of sp³-hybridized carbons (Fsp3) is 0.565. The van der Waals surface area contributed by atoms with E-state index in [0.717, 1.165) is 118 Å². The molecule has 0 bridgehead atoms. The maximum absolute atomic E-state index is 15.1. The highest BCUT2D eigenvalue weighted by molar-refractivity contribution is 6.05. The summed E-state index contributed by atoms with van der Waals surface area (Å²) in [6, 6.07) is 13.9. The van der Waals surface area contributed by atoms with Gasteiger partial charge in [0.05, 0.1) is 25.8 Å². The molecule has 14 heteroatoms. The molecule has 3 fully saturated rings. The van der Waals surface area contributed by atoms with Crippen LogP contribution in [-0.2, 0) is 27.3 Å². The van der Waals surface area contributed by atoms with Crippen LogP contribution in [0.15, 0.2) is 59.2 Å². The molecule has 2 aromatic carbocycles. The number of alkyl halides is 1. The third-order valence-electron chi connectivity index (χ3n) is 13.4. The normalized spacial score (nSPS) is 24.4. The number of para-hydroxylation sites is 1. The Morgan fingerprint density at radius 1 is 0.900 bits per heavy atom. The van der Waals surface area contributed by atoms with Crippen molar-refractivity contribution in [3.05, 3.63) is 76.6 Å². The van der Waals surface area contributed by atoms with Crippen LogP contribution in [0.5, 0.6) is 0 Å². The van der Waals surface area contributed by atoms with Gasteiger partial charge < -0.3 is 34.6 Å². The molecule has 0 radical (unpaired) electrons. The summed E-state index contributed by atoms with van der Waals surface area (Å²) < 4.78 is 21.4. The number of aromatic nitrogens is 1. The number of aromatic amines is 1. The van der Waals surface area contributed by atoms with E-state index in [1.165, 1.54) is 10.9 Å². The number of guanidine groups is 1. The van der Waals surface area contributed by atoms with Crippen LogP contribution in [0.2, 0.25) is 0 Å². The molecule has 3 saturated heterocycles. The third kappa shape index (κ3) is 8.69. The molecule has 3 aromatic rings. The summed E-state index contributed by atoms with van der Waals surface area (Å²) in [5, 5.41) is 7.21. The molecule has 9 rings (SSSR count). The first-order chi connectivity index (χ1) is 29.1. The third-order valence-corrected chi connectivity index (χ3v) is 13.4. The van der Waals surface area contributed by atoms with Crippen LogP contribution in [0.25, 0.3) is 10.9 Å². The van der Waals surface area contributed by atoms with Crippen molar-refractivity contribution in [2.75, 3.05) is 83.6 Å². The zero-order chi connectivity index (χ0) is 41.4. The number of piperidine rings is 2. The summed E-state index contributed by atoms with van der Waals surface area (Å²) in [7, 11) is 0. The lowest BCUT2D eigenvalue weighted by molar-refractivity contribution is -0.136. The zero-order valence-electron chi connectivity index (χ0n) is 35.2. The highest BCUT2D eigenvalue weighted by atomic mass is 19.1. The van der Waals surface area contributed by atoms with E-state index in [2.05, 4.69) is 71.7 Å². The van der Waals surface area contributed by atoms with Crippen molar-refractivity contribution in [1.82, 2.24) is 35.2 Å². The summed E-state index contributed by atoms with van der Waals surface area (Å²) in [6.45, 7) is 13.4. The van der Waals surface area contributed by atoms with Crippen molar-refractivity contribution in [2.45, 2.75) is 83.1 Å². The second-order valence-electron chi connectivity index (χ2n) is 18.2. The first-order valence-corrected chi connectivity index (χ1v) is 22.2. The molecule has 6 aliphatic heterocycles. The van der Waals surface area contributed by atoms with Gasteiger partial charge in [-0.05, 0) is 106 Å². The Morgan fingerprint density at radius 2 is 1.72 bits per heavy atom. The van der Waals surface area contributed by atoms with Gasteiger partial charge in [-0.3, -0.25) is 24.6 Å². The van der Waals surface area contributed by atoms with Gasteiger partial charge in [0.1, 0.15) is 11.7 Å². The van der Waals surface area contributed by atoms with Gasteiger partial charge in [0.15, 0.2) is 5.96 Å². The smallest absolute Gasteiger partial charge is 0.255 e. The van der Waals surface area contributed by atoms with E-state index >= 15 is 4.39 Å². The molecule has 0 saturated carbocycles. The maximum Gasteiger partial charge on any atom is 0.255 e. The number of carbonyl (C=O) groups excluding carboxylic acids is 3. The van der Waals surface area contributed by atoms with Crippen LogP contribution >= 0.6 is 0 Å². The number of halogens is 1. The number of fused-ring (bicyclic) bond motifs is 4. The molecule has 7 heterocycles. The zero-order valence-corrected chi connectivity index (χ0v) is 35.2. The maximum atomic E-state index is 15.1. The van der Waals surface area contributed by atoms with E-state index in [0.29, 0.717) is 50.8 Å². The number of hydrogen-bond acceptors (Lipinski definition) is 10. The van der Waals surface area contributed by atoms with Gasteiger partial charge in [-0.15, -0.1) is 0 Å². The van der Waals surface area contributed by atoms with Crippen molar-refractivity contribution < 1.29 is 23.5 Å². The Balaban J connectivity index is 0.761. The molecule has 1 aromatic heterocycles. The summed E-state index contributed by atoms with van der Waals surface area (Å²) in [4.78, 5) is 57.4. The molecule has 0 spiro atoms. The topological polar surface area (TPSA) is 129 Å². The molecule has 2 atom stereocenters. The van der Waals surface area contributed by atoms with E-state index in [1.807, 2.05) is 12.1 Å². The summed E-state index contributed by atoms with van der Waals surface area (Å²) in [5.41, 5.74) is 6.20. The lowest BCUT2D eigenvalue weighted by atomic mass is 9.91. The van der Waals surface area contributed by atoms with Crippen molar-refractivity contribution in [2.24, 2.45) is 10.9 Å². The number of hydrogen-bond donors (Lipinski definition) is 3. The van der Waals surface area contributed by atoms with Gasteiger partial charge >= 0.3 is 0 Å². The first kappa shape index (κ1) is 40.6. The number of rotatable bonds is 7. The first-order valence-electron chi connectivity index (χ1n) is 22.2. The van der Waals surface area contributed by atoms with Gasteiger partial charge in [0.25, 0.3) is 5.91 Å². The summed E-state index contributed by atoms with van der Waals surface area (Å²) in [5.74, 6) is 0.718. The van der Waals surface area contributed by atoms with Crippen molar-refractivity contribution >= 4 is 40.3 Å². The number of benzene rings is 2. The number of carbonyl (C=O) groups is 3. The van der Waals surface area contributed by atoms with Crippen LogP contribution < -0.4 is 15.5 Å². The monoisotopic (exact) mass is 821 g/mol. The quantitative estimate of drug-likeness (QED) is 0.290. The molecule has 6 aliphatic rings. The molecule has 3 N–H and O–H groups in total. The Morgan fingerprint density at radius 3 is 2.52 bits per heavy atom. The lowest BCUT2D eigenvalue weighted by Gasteiger charge is -2.40. The van der Waals surface area contributed by atoms with Gasteiger partial charge in [-0.25, -0.2) is 9.38 Å². The lowest BCUT2D eigenvalue weighted by Crippen LogP contribution is -2.52. The minimum Gasteiger partial charge on any atom is -0.378 e. The second-order valence-corrected chi connectivity index (χ2v) is 18.2. The van der Waals surface area contributed by atoms with Crippen molar-refractivity contribution in [3.8, 4) is 0 Å². The predicted molar refractivity (Wildman–Crippen MR) is 231 cm³/mol. The molecule has 3 amide bonds. The number of imide groups is 1. The number of H-pyrrole nitrogens is 1. The number of nitrogens with zero attached hydrogens (tertiary/aromatic N) is 6. The summed E-state index contributed by atoms with van der Waals surface area (Å²) in [6.07, 6.45) is 8.02. The van der Waals surface area contributed by atoms with Crippen LogP contribution in [-0.4, -0.2) is 139 Å². The average molecular weight is 822 g/mol. The average Bonchev–Trinajstić information content (AvgIpc) is 3.76. The Hall–Kier alpha value is -4.79. The highest BCUT2D eigenvalue weighted by Gasteiger charge is 2.40. The number of nitrogens with one attached hydrogen (secondary N) is 3. The Kier molecular flexibility index (Phi) is 11.7.